The summed E-state index contributed by atoms with van der Waals surface area (Å²) in [7, 11) is 0. The number of halogens is 1. The normalized spacial score (nSPS) is 28.4. The monoisotopic (exact) mass is 341 g/mol. The fraction of sp³-hybridized carbons (Fsp3) is 0.429. The lowest BCUT2D eigenvalue weighted by atomic mass is 9.82. The third-order valence-electron chi connectivity index (χ3n) is 3.66. The largest absolute Gasteiger partial charge is 0.306 e. The SMILES string of the molecule is CC(C)[C@H]1OS(=O)O[C@]1(Cn1cncn1)c1ccc(Cl)cc1. The number of hydrogen-bond donors (Lipinski definition) is 0. The van der Waals surface area contributed by atoms with Crippen LogP contribution in [0.4, 0.5) is 0 Å². The molecule has 118 valence electrons. The number of rotatable bonds is 4. The predicted molar refractivity (Wildman–Crippen MR) is 82.1 cm³/mol. The molecule has 0 bridgehead atoms. The molecule has 2 aromatic rings. The van der Waals surface area contributed by atoms with Crippen LogP contribution in [-0.2, 0) is 31.9 Å². The maximum Gasteiger partial charge on any atom is 0.306 e. The summed E-state index contributed by atoms with van der Waals surface area (Å²) in [6.45, 7) is 4.36. The first-order valence-electron chi connectivity index (χ1n) is 6.88. The molecule has 1 fully saturated rings. The van der Waals surface area contributed by atoms with Gasteiger partial charge in [-0.2, -0.15) is 9.31 Å². The fourth-order valence-electron chi connectivity index (χ4n) is 2.71. The van der Waals surface area contributed by atoms with Crippen LogP contribution in [0.3, 0.4) is 0 Å². The zero-order valence-electron chi connectivity index (χ0n) is 12.2. The van der Waals surface area contributed by atoms with Gasteiger partial charge in [0.15, 0.2) is 5.60 Å². The molecule has 0 radical (unpaired) electrons. The summed E-state index contributed by atoms with van der Waals surface area (Å²) < 4.78 is 24.9. The Kier molecular flexibility index (Phi) is 4.31. The van der Waals surface area contributed by atoms with Gasteiger partial charge in [-0.1, -0.05) is 37.6 Å². The lowest BCUT2D eigenvalue weighted by molar-refractivity contribution is -0.00942. The molecule has 8 heteroatoms. The Morgan fingerprint density at radius 2 is 2.14 bits per heavy atom. The van der Waals surface area contributed by atoms with Crippen molar-refractivity contribution in [3.8, 4) is 0 Å². The molecule has 1 unspecified atom stereocenters. The molecule has 0 amide bonds. The van der Waals surface area contributed by atoms with E-state index < -0.39 is 17.0 Å². The minimum absolute atomic E-state index is 0.102. The van der Waals surface area contributed by atoms with E-state index in [2.05, 4.69) is 10.1 Å². The molecule has 0 saturated carbocycles. The lowest BCUT2D eigenvalue weighted by Crippen LogP contribution is -2.44. The molecular formula is C14H16ClN3O3S. The van der Waals surface area contributed by atoms with E-state index in [9.17, 15) is 4.21 Å². The average molecular weight is 342 g/mol. The van der Waals surface area contributed by atoms with Gasteiger partial charge in [-0.15, -0.1) is 0 Å². The zero-order valence-corrected chi connectivity index (χ0v) is 13.8. The van der Waals surface area contributed by atoms with Crippen LogP contribution in [0.1, 0.15) is 19.4 Å². The van der Waals surface area contributed by atoms with E-state index in [0.29, 0.717) is 11.6 Å². The van der Waals surface area contributed by atoms with Crippen molar-refractivity contribution < 1.29 is 12.6 Å². The van der Waals surface area contributed by atoms with Gasteiger partial charge in [0, 0.05) is 5.02 Å². The summed E-state index contributed by atoms with van der Waals surface area (Å²) in [5, 5.41) is 4.76. The van der Waals surface area contributed by atoms with E-state index in [1.165, 1.54) is 6.33 Å². The Bertz CT molecular complexity index is 662. The van der Waals surface area contributed by atoms with Crippen molar-refractivity contribution in [2.24, 2.45) is 5.92 Å². The van der Waals surface area contributed by atoms with Gasteiger partial charge in [-0.05, 0) is 23.6 Å². The molecule has 6 nitrogen and oxygen atoms in total. The van der Waals surface area contributed by atoms with Gasteiger partial charge in [0.1, 0.15) is 18.8 Å². The summed E-state index contributed by atoms with van der Waals surface area (Å²) in [6, 6.07) is 7.28. The molecular weight excluding hydrogens is 326 g/mol. The third kappa shape index (κ3) is 2.81. The van der Waals surface area contributed by atoms with E-state index in [0.717, 1.165) is 5.56 Å². The molecule has 22 heavy (non-hydrogen) atoms. The van der Waals surface area contributed by atoms with Crippen molar-refractivity contribution in [2.75, 3.05) is 0 Å². The van der Waals surface area contributed by atoms with Crippen molar-refractivity contribution >= 4 is 23.0 Å². The van der Waals surface area contributed by atoms with Crippen molar-refractivity contribution in [1.82, 2.24) is 14.8 Å². The third-order valence-corrected chi connectivity index (χ3v) is 4.71. The quantitative estimate of drug-likeness (QED) is 0.854. The first-order valence-corrected chi connectivity index (χ1v) is 8.26. The van der Waals surface area contributed by atoms with E-state index in [1.54, 1.807) is 23.1 Å². The van der Waals surface area contributed by atoms with Crippen LogP contribution in [-0.4, -0.2) is 25.1 Å². The molecule has 3 rings (SSSR count). The molecule has 0 aliphatic carbocycles. The number of benzene rings is 1. The minimum Gasteiger partial charge on any atom is -0.261 e. The van der Waals surface area contributed by atoms with Crippen LogP contribution in [0.15, 0.2) is 36.9 Å². The molecule has 3 atom stereocenters. The Balaban J connectivity index is 2.08. The van der Waals surface area contributed by atoms with Gasteiger partial charge in [-0.25, -0.2) is 9.67 Å². The molecule has 1 aliphatic heterocycles. The van der Waals surface area contributed by atoms with E-state index >= 15 is 0 Å². The van der Waals surface area contributed by atoms with Gasteiger partial charge in [0.25, 0.3) is 0 Å². The van der Waals surface area contributed by atoms with Crippen LogP contribution in [0.25, 0.3) is 0 Å². The topological polar surface area (TPSA) is 66.2 Å². The Morgan fingerprint density at radius 1 is 1.41 bits per heavy atom. The number of aromatic nitrogens is 3. The van der Waals surface area contributed by atoms with E-state index in [1.807, 2.05) is 26.0 Å². The average Bonchev–Trinajstić information content (AvgIpc) is 3.08. The predicted octanol–water partition coefficient (Wildman–Crippen LogP) is 2.48. The van der Waals surface area contributed by atoms with Gasteiger partial charge in [0.2, 0.25) is 0 Å². The summed E-state index contributed by atoms with van der Waals surface area (Å²) in [4.78, 5) is 3.95. The highest BCUT2D eigenvalue weighted by Crippen LogP contribution is 2.43. The Labute approximate surface area is 136 Å². The minimum atomic E-state index is -1.80. The zero-order chi connectivity index (χ0) is 15.7. The first kappa shape index (κ1) is 15.6. The summed E-state index contributed by atoms with van der Waals surface area (Å²) >= 11 is 4.17. The highest BCUT2D eigenvalue weighted by Gasteiger charge is 2.53. The standard InChI is InChI=1S/C14H16ClN3O3S/c1-10(2)13-14(21-22(19)20-13,7-18-9-16-8-17-18)11-3-5-12(15)6-4-11/h3-6,8-10,13H,7H2,1-2H3/t13-,14-,22?/m1/s1. The Hall–Kier alpha value is -1.28. The second kappa shape index (κ2) is 6.08. The summed E-state index contributed by atoms with van der Waals surface area (Å²) in [6.07, 6.45) is 2.67. The molecule has 0 N–H and O–H groups in total. The van der Waals surface area contributed by atoms with Crippen LogP contribution in [0.5, 0.6) is 0 Å². The van der Waals surface area contributed by atoms with Crippen LogP contribution in [0.2, 0.25) is 5.02 Å². The maximum atomic E-state index is 11.9. The maximum absolute atomic E-state index is 11.9. The van der Waals surface area contributed by atoms with Gasteiger partial charge >= 0.3 is 11.4 Å². The number of hydrogen-bond acceptors (Lipinski definition) is 5. The first-order chi connectivity index (χ1) is 10.5. The molecule has 1 aromatic heterocycles. The molecule has 2 heterocycles. The molecule has 0 spiro atoms. The van der Waals surface area contributed by atoms with Crippen LogP contribution in [0, 0.1) is 5.92 Å². The second-order valence-electron chi connectivity index (χ2n) is 5.54. The Morgan fingerprint density at radius 3 is 2.73 bits per heavy atom. The molecule has 1 aromatic carbocycles. The van der Waals surface area contributed by atoms with E-state index in [4.69, 9.17) is 20.0 Å². The second-order valence-corrected chi connectivity index (χ2v) is 6.74. The van der Waals surface area contributed by atoms with Gasteiger partial charge in [0.05, 0.1) is 6.54 Å². The van der Waals surface area contributed by atoms with Crippen molar-refractivity contribution in [3.05, 3.63) is 47.5 Å². The molecule has 1 saturated heterocycles. The van der Waals surface area contributed by atoms with Crippen LogP contribution >= 0.6 is 11.6 Å². The number of nitrogens with zero attached hydrogens (tertiary/aromatic N) is 3. The van der Waals surface area contributed by atoms with Crippen LogP contribution < -0.4 is 0 Å². The highest BCUT2D eigenvalue weighted by molar-refractivity contribution is 7.75. The highest BCUT2D eigenvalue weighted by atomic mass is 35.5. The van der Waals surface area contributed by atoms with Crippen molar-refractivity contribution in [1.29, 1.82) is 0 Å². The lowest BCUT2D eigenvalue weighted by Gasteiger charge is -2.33. The van der Waals surface area contributed by atoms with Gasteiger partial charge in [-0.3, -0.25) is 8.37 Å². The van der Waals surface area contributed by atoms with Crippen molar-refractivity contribution in [3.63, 3.8) is 0 Å². The summed E-state index contributed by atoms with van der Waals surface area (Å²) in [5.74, 6) is 0.102. The smallest absolute Gasteiger partial charge is 0.261 e. The molecule has 1 aliphatic rings. The van der Waals surface area contributed by atoms with Gasteiger partial charge < -0.3 is 0 Å². The van der Waals surface area contributed by atoms with Crippen molar-refractivity contribution in [2.45, 2.75) is 32.1 Å². The van der Waals surface area contributed by atoms with E-state index in [-0.39, 0.29) is 12.0 Å². The summed E-state index contributed by atoms with van der Waals surface area (Å²) in [5.41, 5.74) is -0.0610. The fourth-order valence-corrected chi connectivity index (χ4v) is 3.91.